The minimum atomic E-state index is -0.359. The smallest absolute Gasteiger partial charge is 0.224 e. The summed E-state index contributed by atoms with van der Waals surface area (Å²) in [6.07, 6.45) is 6.48. The number of Topliss-reactive ketones (excluding diaryl/α,β-unsaturated/α-hetero) is 1. The fourth-order valence-corrected chi connectivity index (χ4v) is 9.10. The maximum absolute atomic E-state index is 14.1. The summed E-state index contributed by atoms with van der Waals surface area (Å²) in [5, 5.41) is 25.7. The molecule has 4 aliphatic rings. The van der Waals surface area contributed by atoms with Crippen molar-refractivity contribution < 1.29 is 9.59 Å². The second-order valence-corrected chi connectivity index (χ2v) is 13.2. The van der Waals surface area contributed by atoms with Gasteiger partial charge < -0.3 is 10.6 Å². The van der Waals surface area contributed by atoms with Crippen LogP contribution >= 0.6 is 0 Å². The first-order valence-electron chi connectivity index (χ1n) is 14.8. The number of piperidine rings is 1. The number of ketones is 1. The number of carbonyl (C=O) groups is 2. The van der Waals surface area contributed by atoms with Crippen molar-refractivity contribution in [3.63, 3.8) is 0 Å². The zero-order valence-electron chi connectivity index (χ0n) is 23.5. The Balaban J connectivity index is 1.24. The minimum absolute atomic E-state index is 0.0551. The Hall–Kier alpha value is -3.48. The molecule has 0 spiro atoms. The van der Waals surface area contributed by atoms with E-state index >= 15 is 0 Å². The Bertz CT molecular complexity index is 1330. The zero-order chi connectivity index (χ0) is 28.1. The van der Waals surface area contributed by atoms with Crippen LogP contribution in [0.3, 0.4) is 0 Å². The van der Waals surface area contributed by atoms with E-state index in [2.05, 4.69) is 36.6 Å². The highest BCUT2D eigenvalue weighted by atomic mass is 16.2. The first-order chi connectivity index (χ1) is 19.3. The number of nitriles is 2. The maximum Gasteiger partial charge on any atom is 0.224 e. The molecule has 40 heavy (non-hydrogen) atoms. The van der Waals surface area contributed by atoms with Crippen LogP contribution in [-0.4, -0.2) is 24.3 Å². The molecule has 7 atom stereocenters. The van der Waals surface area contributed by atoms with Crippen molar-refractivity contribution in [2.24, 2.45) is 34.5 Å². The molecule has 0 aromatic heterocycles. The molecule has 6 rings (SSSR count). The number of nitrogens with zero attached hydrogens (tertiary/aromatic N) is 2. The monoisotopic (exact) mass is 534 g/mol. The number of fused-ring (bicyclic) bond motifs is 5. The average molecular weight is 535 g/mol. The fourth-order valence-electron chi connectivity index (χ4n) is 9.10. The third-order valence-corrected chi connectivity index (χ3v) is 11.4. The van der Waals surface area contributed by atoms with E-state index in [-0.39, 0.29) is 28.7 Å². The molecule has 6 heteroatoms. The van der Waals surface area contributed by atoms with Gasteiger partial charge in [0, 0.05) is 24.8 Å². The number of amides is 1. The van der Waals surface area contributed by atoms with Gasteiger partial charge in [0.05, 0.1) is 29.3 Å². The lowest BCUT2D eigenvalue weighted by atomic mass is 9.48. The standard InChI is InChI=1S/C34H38N4O2/c1-33-16-14-28-26(20-37-30-17-25(39)13-15-34(28,30)2)27(33)11-12-29(33)32(40)38-31(23-7-3-21(18-35)4-8-23)24-9-5-22(19-36)6-10-24/h3-10,26-31,37H,11-17,20H2,1-2H3,(H,38,40)/t26?,27?,28?,29?,30?,33-,34+/m0/s1. The quantitative estimate of drug-likeness (QED) is 0.544. The van der Waals surface area contributed by atoms with Gasteiger partial charge in [-0.25, -0.2) is 0 Å². The summed E-state index contributed by atoms with van der Waals surface area (Å²) >= 11 is 0. The Morgan fingerprint density at radius 2 is 1.50 bits per heavy atom. The van der Waals surface area contributed by atoms with Gasteiger partial charge in [0.25, 0.3) is 0 Å². The van der Waals surface area contributed by atoms with Crippen molar-refractivity contribution in [1.29, 1.82) is 10.5 Å². The molecule has 2 N–H and O–H groups in total. The molecule has 0 bridgehead atoms. The molecule has 4 fully saturated rings. The highest BCUT2D eigenvalue weighted by Crippen LogP contribution is 2.64. The van der Waals surface area contributed by atoms with Crippen molar-refractivity contribution in [2.45, 2.75) is 70.9 Å². The van der Waals surface area contributed by atoms with Gasteiger partial charge in [-0.3, -0.25) is 9.59 Å². The second-order valence-electron chi connectivity index (χ2n) is 13.2. The van der Waals surface area contributed by atoms with E-state index in [1.807, 2.05) is 24.3 Å². The topological polar surface area (TPSA) is 106 Å². The highest BCUT2D eigenvalue weighted by molar-refractivity contribution is 5.81. The van der Waals surface area contributed by atoms with E-state index in [1.54, 1.807) is 24.3 Å². The van der Waals surface area contributed by atoms with Crippen LogP contribution in [0.25, 0.3) is 0 Å². The Labute approximate surface area is 237 Å². The molecule has 1 saturated heterocycles. The lowest BCUT2D eigenvalue weighted by Gasteiger charge is -2.60. The summed E-state index contributed by atoms with van der Waals surface area (Å²) < 4.78 is 0. The van der Waals surface area contributed by atoms with Crippen LogP contribution < -0.4 is 10.6 Å². The molecule has 3 aliphatic carbocycles. The number of rotatable bonds is 4. The predicted molar refractivity (Wildman–Crippen MR) is 152 cm³/mol. The summed E-state index contributed by atoms with van der Waals surface area (Å²) in [5.74, 6) is 2.07. The lowest BCUT2D eigenvalue weighted by molar-refractivity contribution is -0.139. The molecular formula is C34H38N4O2. The number of nitrogens with one attached hydrogen (secondary N) is 2. The van der Waals surface area contributed by atoms with Crippen molar-refractivity contribution >= 4 is 11.7 Å². The molecule has 0 radical (unpaired) electrons. The van der Waals surface area contributed by atoms with Crippen LogP contribution in [0.15, 0.2) is 48.5 Å². The Morgan fingerprint density at radius 1 is 0.900 bits per heavy atom. The SMILES string of the molecule is C[C@]12CCC(=O)CC1NCC1C2CC[C@]2(C)C(C(=O)NC(c3ccc(C#N)cc3)c3ccc(C#N)cc3)CCC12. The van der Waals surface area contributed by atoms with E-state index in [0.29, 0.717) is 53.5 Å². The minimum Gasteiger partial charge on any atom is -0.345 e. The summed E-state index contributed by atoms with van der Waals surface area (Å²) in [4.78, 5) is 26.3. The van der Waals surface area contributed by atoms with Gasteiger partial charge in [0.1, 0.15) is 5.78 Å². The summed E-state index contributed by atoms with van der Waals surface area (Å²) in [6.45, 7) is 5.71. The van der Waals surface area contributed by atoms with Crippen LogP contribution in [0.5, 0.6) is 0 Å². The van der Waals surface area contributed by atoms with Gasteiger partial charge in [-0.1, -0.05) is 38.1 Å². The fraction of sp³-hybridized carbons (Fsp3) is 0.529. The van der Waals surface area contributed by atoms with Crippen molar-refractivity contribution in [1.82, 2.24) is 10.6 Å². The number of carbonyl (C=O) groups excluding carboxylic acids is 2. The van der Waals surface area contributed by atoms with Gasteiger partial charge >= 0.3 is 0 Å². The molecule has 6 nitrogen and oxygen atoms in total. The average Bonchev–Trinajstić information content (AvgIpc) is 3.34. The molecule has 2 aromatic rings. The van der Waals surface area contributed by atoms with Crippen molar-refractivity contribution in [3.8, 4) is 12.1 Å². The van der Waals surface area contributed by atoms with Crippen LogP contribution in [0.4, 0.5) is 0 Å². The predicted octanol–water partition coefficient (Wildman–Crippen LogP) is 5.43. The highest BCUT2D eigenvalue weighted by Gasteiger charge is 2.61. The first-order valence-corrected chi connectivity index (χ1v) is 14.8. The van der Waals surface area contributed by atoms with Crippen LogP contribution in [0.2, 0.25) is 0 Å². The van der Waals surface area contributed by atoms with Gasteiger partial charge in [0.15, 0.2) is 0 Å². The van der Waals surface area contributed by atoms with E-state index in [1.165, 1.54) is 0 Å². The Kier molecular flexibility index (Phi) is 6.79. The molecule has 206 valence electrons. The molecule has 2 aromatic carbocycles. The molecule has 1 heterocycles. The van der Waals surface area contributed by atoms with Crippen molar-refractivity contribution in [3.05, 3.63) is 70.8 Å². The molecular weight excluding hydrogens is 496 g/mol. The van der Waals surface area contributed by atoms with E-state index in [9.17, 15) is 20.1 Å². The van der Waals surface area contributed by atoms with Crippen LogP contribution in [-0.2, 0) is 9.59 Å². The second kappa shape index (κ2) is 10.2. The van der Waals surface area contributed by atoms with Crippen molar-refractivity contribution in [2.75, 3.05) is 6.54 Å². The molecule has 3 saturated carbocycles. The van der Waals surface area contributed by atoms with Crippen LogP contribution in [0.1, 0.15) is 87.1 Å². The normalized spacial score (nSPS) is 34.6. The lowest BCUT2D eigenvalue weighted by Crippen LogP contribution is -2.63. The summed E-state index contributed by atoms with van der Waals surface area (Å²) in [7, 11) is 0. The number of benzene rings is 2. The van der Waals surface area contributed by atoms with Gasteiger partial charge in [0.2, 0.25) is 5.91 Å². The zero-order valence-corrected chi connectivity index (χ0v) is 23.5. The van der Waals surface area contributed by atoms with Gasteiger partial charge in [-0.15, -0.1) is 0 Å². The van der Waals surface area contributed by atoms with E-state index < -0.39 is 0 Å². The molecule has 1 amide bonds. The van der Waals surface area contributed by atoms with E-state index in [4.69, 9.17) is 0 Å². The number of hydrogen-bond acceptors (Lipinski definition) is 5. The molecule has 1 aliphatic heterocycles. The maximum atomic E-state index is 14.1. The van der Waals surface area contributed by atoms with Gasteiger partial charge in [-0.2, -0.15) is 10.5 Å². The van der Waals surface area contributed by atoms with Crippen LogP contribution in [0, 0.1) is 57.2 Å². The Morgan fingerprint density at radius 3 is 2.10 bits per heavy atom. The third kappa shape index (κ3) is 4.34. The van der Waals surface area contributed by atoms with E-state index in [0.717, 1.165) is 49.8 Å². The summed E-state index contributed by atoms with van der Waals surface area (Å²) in [5.41, 5.74) is 3.10. The first kappa shape index (κ1) is 26.7. The number of hydrogen-bond donors (Lipinski definition) is 2. The largest absolute Gasteiger partial charge is 0.345 e. The molecule has 5 unspecified atom stereocenters. The summed E-state index contributed by atoms with van der Waals surface area (Å²) in [6, 6.07) is 19.1. The third-order valence-electron chi connectivity index (χ3n) is 11.4. The van der Waals surface area contributed by atoms with Gasteiger partial charge in [-0.05, 0) is 103 Å².